The first-order valence-corrected chi connectivity index (χ1v) is 2.70. The molecule has 1 N–H and O–H groups in total. The average Bonchev–Trinajstić information content (AvgIpc) is 1.83. The van der Waals surface area contributed by atoms with Crippen molar-refractivity contribution < 1.29 is 9.84 Å². The largest absolute Gasteiger partial charge is 0.393 e. The summed E-state index contributed by atoms with van der Waals surface area (Å²) in [5.74, 6) is 0. The summed E-state index contributed by atoms with van der Waals surface area (Å²) < 4.78 is 4.97. The van der Waals surface area contributed by atoms with Crippen LogP contribution in [0.5, 0.6) is 0 Å². The first-order chi connectivity index (χ1) is 3.85. The summed E-state index contributed by atoms with van der Waals surface area (Å²) >= 11 is 0. The van der Waals surface area contributed by atoms with Crippen molar-refractivity contribution in [3.63, 3.8) is 0 Å². The van der Waals surface area contributed by atoms with E-state index in [0.29, 0.717) is 6.61 Å². The van der Waals surface area contributed by atoms with E-state index in [1.54, 1.807) is 6.08 Å². The molecule has 2 nitrogen and oxygen atoms in total. The lowest BCUT2D eigenvalue weighted by Gasteiger charge is -2.06. The van der Waals surface area contributed by atoms with Crippen molar-refractivity contribution in [2.24, 2.45) is 0 Å². The van der Waals surface area contributed by atoms with Gasteiger partial charge in [0, 0.05) is 6.61 Å². The molecule has 0 radical (unpaired) electrons. The Labute approximate surface area is 49.8 Å². The van der Waals surface area contributed by atoms with Gasteiger partial charge in [-0.1, -0.05) is 6.08 Å². The van der Waals surface area contributed by atoms with E-state index in [2.05, 4.69) is 6.58 Å². The molecule has 0 saturated heterocycles. The van der Waals surface area contributed by atoms with E-state index in [9.17, 15) is 0 Å². The van der Waals surface area contributed by atoms with Crippen molar-refractivity contribution in [3.05, 3.63) is 12.7 Å². The molecule has 0 unspecified atom stereocenters. The summed E-state index contributed by atoms with van der Waals surface area (Å²) in [5, 5.41) is 8.46. The van der Waals surface area contributed by atoms with Crippen molar-refractivity contribution in [1.29, 1.82) is 0 Å². The SMILES string of the molecule is C=C[C@@H](CO)OCC. The first-order valence-electron chi connectivity index (χ1n) is 2.70. The minimum Gasteiger partial charge on any atom is -0.393 e. The van der Waals surface area contributed by atoms with Crippen LogP contribution in [0.15, 0.2) is 12.7 Å². The molecule has 0 saturated carbocycles. The zero-order valence-corrected chi connectivity index (χ0v) is 5.13. The summed E-state index contributed by atoms with van der Waals surface area (Å²) in [5.41, 5.74) is 0. The highest BCUT2D eigenvalue weighted by molar-refractivity contribution is 4.78. The molecule has 0 aromatic heterocycles. The third kappa shape index (κ3) is 2.77. The quantitative estimate of drug-likeness (QED) is 0.544. The van der Waals surface area contributed by atoms with Gasteiger partial charge < -0.3 is 9.84 Å². The number of hydrogen-bond donors (Lipinski definition) is 1. The molecule has 0 bridgehead atoms. The zero-order chi connectivity index (χ0) is 6.41. The Bertz CT molecular complexity index is 61.5. The Morgan fingerprint density at radius 2 is 2.50 bits per heavy atom. The zero-order valence-electron chi connectivity index (χ0n) is 5.13. The molecule has 2 heteroatoms. The number of rotatable bonds is 4. The molecular formula is C6H12O2. The Hall–Kier alpha value is -0.340. The van der Waals surface area contributed by atoms with Crippen LogP contribution in [0.1, 0.15) is 6.92 Å². The lowest BCUT2D eigenvalue weighted by Crippen LogP contribution is -2.13. The number of hydrogen-bond acceptors (Lipinski definition) is 2. The van der Waals surface area contributed by atoms with Crippen molar-refractivity contribution in [2.75, 3.05) is 13.2 Å². The van der Waals surface area contributed by atoms with Gasteiger partial charge in [-0.3, -0.25) is 0 Å². The third-order valence-electron chi connectivity index (χ3n) is 0.824. The molecular weight excluding hydrogens is 104 g/mol. The summed E-state index contributed by atoms with van der Waals surface area (Å²) in [6.07, 6.45) is 1.41. The van der Waals surface area contributed by atoms with Crippen molar-refractivity contribution in [2.45, 2.75) is 13.0 Å². The lowest BCUT2D eigenvalue weighted by molar-refractivity contribution is 0.0510. The fourth-order valence-corrected chi connectivity index (χ4v) is 0.409. The fraction of sp³-hybridized carbons (Fsp3) is 0.667. The van der Waals surface area contributed by atoms with E-state index in [-0.39, 0.29) is 12.7 Å². The van der Waals surface area contributed by atoms with Crippen molar-refractivity contribution in [1.82, 2.24) is 0 Å². The highest BCUT2D eigenvalue weighted by Gasteiger charge is 1.96. The molecule has 0 aliphatic carbocycles. The minimum atomic E-state index is -0.181. The Morgan fingerprint density at radius 3 is 2.62 bits per heavy atom. The van der Waals surface area contributed by atoms with Gasteiger partial charge in [-0.05, 0) is 6.92 Å². The van der Waals surface area contributed by atoms with E-state index < -0.39 is 0 Å². The topological polar surface area (TPSA) is 29.5 Å². The maximum atomic E-state index is 8.46. The van der Waals surface area contributed by atoms with Gasteiger partial charge in [0.1, 0.15) is 0 Å². The molecule has 0 heterocycles. The molecule has 0 aliphatic heterocycles. The van der Waals surface area contributed by atoms with Gasteiger partial charge in [0.25, 0.3) is 0 Å². The van der Waals surface area contributed by atoms with Crippen LogP contribution in [0.25, 0.3) is 0 Å². The van der Waals surface area contributed by atoms with Gasteiger partial charge in [0.2, 0.25) is 0 Å². The van der Waals surface area contributed by atoms with Crippen LogP contribution in [-0.2, 0) is 4.74 Å². The van der Waals surface area contributed by atoms with Gasteiger partial charge in [0.05, 0.1) is 12.7 Å². The molecule has 0 aliphatic rings. The molecule has 0 amide bonds. The van der Waals surface area contributed by atoms with Crippen LogP contribution in [0.4, 0.5) is 0 Å². The van der Waals surface area contributed by atoms with Gasteiger partial charge in [-0.2, -0.15) is 0 Å². The predicted octanol–water partition coefficient (Wildman–Crippen LogP) is 0.570. The normalized spacial score (nSPS) is 13.2. The summed E-state index contributed by atoms with van der Waals surface area (Å²) in [6.45, 7) is 5.99. The summed E-state index contributed by atoms with van der Waals surface area (Å²) in [4.78, 5) is 0. The van der Waals surface area contributed by atoms with Gasteiger partial charge >= 0.3 is 0 Å². The molecule has 8 heavy (non-hydrogen) atoms. The van der Waals surface area contributed by atoms with E-state index in [1.165, 1.54) is 0 Å². The molecule has 0 aromatic rings. The summed E-state index contributed by atoms with van der Waals surface area (Å²) in [7, 11) is 0. The van der Waals surface area contributed by atoms with E-state index >= 15 is 0 Å². The average molecular weight is 116 g/mol. The standard InChI is InChI=1S/C6H12O2/c1-3-6(5-7)8-4-2/h3,6-7H,1,4-5H2,2H3/t6-/m0/s1. The van der Waals surface area contributed by atoms with Gasteiger partial charge in [-0.15, -0.1) is 6.58 Å². The number of aliphatic hydroxyl groups is 1. The third-order valence-corrected chi connectivity index (χ3v) is 0.824. The second-order valence-electron chi connectivity index (χ2n) is 1.41. The van der Waals surface area contributed by atoms with E-state index in [0.717, 1.165) is 0 Å². The van der Waals surface area contributed by atoms with Crippen LogP contribution in [0, 0.1) is 0 Å². The fourth-order valence-electron chi connectivity index (χ4n) is 0.409. The first kappa shape index (κ1) is 7.66. The molecule has 0 fully saturated rings. The maximum absolute atomic E-state index is 8.46. The second-order valence-corrected chi connectivity index (χ2v) is 1.41. The maximum Gasteiger partial charge on any atom is 0.0983 e. The lowest BCUT2D eigenvalue weighted by atomic mass is 10.4. The van der Waals surface area contributed by atoms with Gasteiger partial charge in [0.15, 0.2) is 0 Å². The van der Waals surface area contributed by atoms with Crippen LogP contribution < -0.4 is 0 Å². The Balaban J connectivity index is 3.21. The van der Waals surface area contributed by atoms with Crippen molar-refractivity contribution in [3.8, 4) is 0 Å². The monoisotopic (exact) mass is 116 g/mol. The Kier molecular flexibility index (Phi) is 4.61. The van der Waals surface area contributed by atoms with Crippen LogP contribution >= 0.6 is 0 Å². The molecule has 0 spiro atoms. The molecule has 1 atom stereocenters. The molecule has 0 aromatic carbocycles. The minimum absolute atomic E-state index is 0.0251. The van der Waals surface area contributed by atoms with Crippen LogP contribution in [-0.4, -0.2) is 24.4 Å². The van der Waals surface area contributed by atoms with Gasteiger partial charge in [-0.25, -0.2) is 0 Å². The van der Waals surface area contributed by atoms with E-state index in [1.807, 2.05) is 6.92 Å². The smallest absolute Gasteiger partial charge is 0.0983 e. The second kappa shape index (κ2) is 4.81. The summed E-state index contributed by atoms with van der Waals surface area (Å²) in [6, 6.07) is 0. The number of ether oxygens (including phenoxy) is 1. The van der Waals surface area contributed by atoms with Crippen LogP contribution in [0.2, 0.25) is 0 Å². The molecule has 0 rings (SSSR count). The molecule has 48 valence electrons. The van der Waals surface area contributed by atoms with Crippen molar-refractivity contribution >= 4 is 0 Å². The highest BCUT2D eigenvalue weighted by atomic mass is 16.5. The van der Waals surface area contributed by atoms with Crippen LogP contribution in [0.3, 0.4) is 0 Å². The predicted molar refractivity (Wildman–Crippen MR) is 32.7 cm³/mol. The highest BCUT2D eigenvalue weighted by Crippen LogP contribution is 1.89. The number of aliphatic hydroxyl groups excluding tert-OH is 1. The Morgan fingerprint density at radius 1 is 1.88 bits per heavy atom. The van der Waals surface area contributed by atoms with E-state index in [4.69, 9.17) is 9.84 Å².